The van der Waals surface area contributed by atoms with Crippen LogP contribution in [-0.2, 0) is 10.3 Å². The average molecular weight is 274 g/mol. The first-order chi connectivity index (χ1) is 9.49. The Hall–Kier alpha value is -1.39. The first-order valence-electron chi connectivity index (χ1n) is 7.66. The van der Waals surface area contributed by atoms with Crippen LogP contribution in [0.5, 0.6) is 0 Å². The van der Waals surface area contributed by atoms with Gasteiger partial charge in [-0.3, -0.25) is 4.79 Å². The normalized spacial score (nSPS) is 41.9. The Balaban J connectivity index is 1.73. The van der Waals surface area contributed by atoms with Gasteiger partial charge in [-0.25, -0.2) is 9.67 Å². The fourth-order valence-corrected chi connectivity index (χ4v) is 5.58. The second-order valence-electron chi connectivity index (χ2n) is 7.38. The Morgan fingerprint density at radius 2 is 2.05 bits per heavy atom. The van der Waals surface area contributed by atoms with Gasteiger partial charge in [0.15, 0.2) is 0 Å². The Bertz CT molecular complexity index is 550. The molecule has 4 aliphatic rings. The average Bonchev–Trinajstić information content (AvgIpc) is 2.72. The first kappa shape index (κ1) is 12.4. The van der Waals surface area contributed by atoms with Gasteiger partial charge in [-0.1, -0.05) is 0 Å². The number of carbonyl (C=O) groups is 1. The van der Waals surface area contributed by atoms with Crippen LogP contribution in [0.25, 0.3) is 0 Å². The zero-order chi connectivity index (χ0) is 14.0. The van der Waals surface area contributed by atoms with Crippen LogP contribution in [0.3, 0.4) is 0 Å². The number of nitrogens with one attached hydrogen (secondary N) is 1. The third-order valence-corrected chi connectivity index (χ3v) is 5.56. The van der Waals surface area contributed by atoms with Crippen molar-refractivity contribution in [1.82, 2.24) is 20.1 Å². The molecule has 4 bridgehead atoms. The summed E-state index contributed by atoms with van der Waals surface area (Å²) in [7, 11) is 0. The van der Waals surface area contributed by atoms with Crippen LogP contribution in [0.1, 0.15) is 51.3 Å². The summed E-state index contributed by atoms with van der Waals surface area (Å²) in [6, 6.07) is 0. The molecule has 1 heterocycles. The Labute approximate surface area is 119 Å². The molecular formula is C15H22N4O. The number of hydrogen-bond donors (Lipinski definition) is 1. The number of aromatic nitrogens is 3. The number of hydrogen-bond acceptors (Lipinski definition) is 3. The highest BCUT2D eigenvalue weighted by molar-refractivity contribution is 5.74. The second-order valence-corrected chi connectivity index (χ2v) is 7.38. The minimum absolute atomic E-state index is 0.00969. The van der Waals surface area contributed by atoms with Crippen molar-refractivity contribution in [1.29, 1.82) is 0 Å². The molecular weight excluding hydrogens is 252 g/mol. The molecule has 1 aromatic heterocycles. The second kappa shape index (κ2) is 3.83. The predicted octanol–water partition coefficient (Wildman–Crippen LogP) is 1.77. The predicted molar refractivity (Wildman–Crippen MR) is 74.0 cm³/mol. The van der Waals surface area contributed by atoms with Gasteiger partial charge < -0.3 is 5.32 Å². The number of carbonyl (C=O) groups excluding carboxylic acids is 1. The smallest absolute Gasteiger partial charge is 0.217 e. The van der Waals surface area contributed by atoms with Crippen LogP contribution in [0.2, 0.25) is 0 Å². The van der Waals surface area contributed by atoms with Crippen molar-refractivity contribution in [2.75, 3.05) is 0 Å². The minimum atomic E-state index is 0.00969. The maximum Gasteiger partial charge on any atom is 0.217 e. The van der Waals surface area contributed by atoms with Crippen LogP contribution in [0, 0.1) is 18.8 Å². The van der Waals surface area contributed by atoms with Gasteiger partial charge in [-0.15, -0.1) is 0 Å². The number of aryl methyl sites for hydroxylation is 1. The van der Waals surface area contributed by atoms with E-state index in [1.165, 1.54) is 19.3 Å². The lowest BCUT2D eigenvalue weighted by molar-refractivity contribution is -0.128. The molecule has 1 aromatic rings. The molecule has 0 spiro atoms. The maximum absolute atomic E-state index is 11.6. The molecule has 20 heavy (non-hydrogen) atoms. The summed E-state index contributed by atoms with van der Waals surface area (Å²) < 4.78 is 2.11. The molecule has 1 N–H and O–H groups in total. The van der Waals surface area contributed by atoms with E-state index >= 15 is 0 Å². The van der Waals surface area contributed by atoms with Crippen LogP contribution < -0.4 is 5.32 Å². The topological polar surface area (TPSA) is 59.8 Å². The molecule has 4 fully saturated rings. The van der Waals surface area contributed by atoms with Gasteiger partial charge in [0.25, 0.3) is 0 Å². The number of amides is 1. The molecule has 4 saturated carbocycles. The molecule has 4 atom stereocenters. The number of nitrogens with zero attached hydrogens (tertiary/aromatic N) is 3. The molecule has 4 aliphatic carbocycles. The quantitative estimate of drug-likeness (QED) is 0.894. The van der Waals surface area contributed by atoms with Gasteiger partial charge in [-0.2, -0.15) is 5.10 Å². The summed E-state index contributed by atoms with van der Waals surface area (Å²) >= 11 is 0. The molecule has 108 valence electrons. The van der Waals surface area contributed by atoms with Gasteiger partial charge in [-0.05, 0) is 57.3 Å². The van der Waals surface area contributed by atoms with Crippen molar-refractivity contribution in [3.63, 3.8) is 0 Å². The first-order valence-corrected chi connectivity index (χ1v) is 7.66. The zero-order valence-corrected chi connectivity index (χ0v) is 12.2. The van der Waals surface area contributed by atoms with E-state index in [-0.39, 0.29) is 17.0 Å². The fraction of sp³-hybridized carbons (Fsp3) is 0.800. The molecule has 0 aromatic carbocycles. The highest BCUT2D eigenvalue weighted by atomic mass is 16.1. The van der Waals surface area contributed by atoms with E-state index in [0.717, 1.165) is 36.9 Å². The SMILES string of the molecule is CC(=O)NC12C[C@H]3C[C@@H](C1)CC(n1cnc(C)n1)(C3)C2. The van der Waals surface area contributed by atoms with E-state index in [9.17, 15) is 4.79 Å². The minimum Gasteiger partial charge on any atom is -0.351 e. The largest absolute Gasteiger partial charge is 0.351 e. The summed E-state index contributed by atoms with van der Waals surface area (Å²) in [5, 5.41) is 7.89. The fourth-order valence-electron chi connectivity index (χ4n) is 5.58. The van der Waals surface area contributed by atoms with Crippen LogP contribution in [-0.4, -0.2) is 26.2 Å². The van der Waals surface area contributed by atoms with Gasteiger partial charge >= 0.3 is 0 Å². The summed E-state index contributed by atoms with van der Waals surface area (Å²) in [5.74, 6) is 2.41. The van der Waals surface area contributed by atoms with Crippen molar-refractivity contribution < 1.29 is 4.79 Å². The Kier molecular flexibility index (Phi) is 2.37. The highest BCUT2D eigenvalue weighted by Gasteiger charge is 2.59. The molecule has 0 saturated heterocycles. The molecule has 5 heteroatoms. The summed E-state index contributed by atoms with van der Waals surface area (Å²) in [5.41, 5.74) is 0.101. The number of rotatable bonds is 2. The van der Waals surface area contributed by atoms with E-state index in [0.29, 0.717) is 0 Å². The van der Waals surface area contributed by atoms with E-state index < -0.39 is 0 Å². The molecule has 5 nitrogen and oxygen atoms in total. The van der Waals surface area contributed by atoms with Gasteiger partial charge in [0.05, 0.1) is 5.54 Å². The summed E-state index contributed by atoms with van der Waals surface area (Å²) in [6.07, 6.45) is 8.95. The third-order valence-electron chi connectivity index (χ3n) is 5.56. The lowest BCUT2D eigenvalue weighted by atomic mass is 9.50. The van der Waals surface area contributed by atoms with Crippen molar-refractivity contribution in [2.24, 2.45) is 11.8 Å². The van der Waals surface area contributed by atoms with Crippen LogP contribution in [0.4, 0.5) is 0 Å². The molecule has 1 amide bonds. The standard InChI is InChI=1S/C15H22N4O/c1-10-16-9-19(18-10)15-6-12-3-13(7-15)5-14(4-12,8-15)17-11(2)20/h9,12-13H,3-8H2,1-2H3,(H,17,20)/t12-,13+,14?,15?. The third kappa shape index (κ3) is 1.71. The Morgan fingerprint density at radius 3 is 2.60 bits per heavy atom. The van der Waals surface area contributed by atoms with Gasteiger partial charge in [0.1, 0.15) is 12.2 Å². The maximum atomic E-state index is 11.6. The van der Waals surface area contributed by atoms with Gasteiger partial charge in [0.2, 0.25) is 5.91 Å². The molecule has 0 radical (unpaired) electrons. The van der Waals surface area contributed by atoms with Crippen molar-refractivity contribution >= 4 is 5.91 Å². The molecule has 0 aliphatic heterocycles. The highest BCUT2D eigenvalue weighted by Crippen LogP contribution is 2.60. The van der Waals surface area contributed by atoms with Crippen molar-refractivity contribution in [2.45, 2.75) is 63.5 Å². The van der Waals surface area contributed by atoms with Crippen molar-refractivity contribution in [3.05, 3.63) is 12.2 Å². The van der Waals surface area contributed by atoms with Crippen molar-refractivity contribution in [3.8, 4) is 0 Å². The lowest BCUT2D eigenvalue weighted by Crippen LogP contribution is -2.65. The van der Waals surface area contributed by atoms with E-state index in [1.807, 2.05) is 13.3 Å². The van der Waals surface area contributed by atoms with Crippen LogP contribution in [0.15, 0.2) is 6.33 Å². The van der Waals surface area contributed by atoms with Gasteiger partial charge in [0, 0.05) is 12.5 Å². The lowest BCUT2D eigenvalue weighted by Gasteiger charge is -2.61. The Morgan fingerprint density at radius 1 is 1.35 bits per heavy atom. The molecule has 5 rings (SSSR count). The summed E-state index contributed by atoms with van der Waals surface area (Å²) in [4.78, 5) is 15.9. The van der Waals surface area contributed by atoms with E-state index in [1.54, 1.807) is 6.92 Å². The van der Waals surface area contributed by atoms with E-state index in [4.69, 9.17) is 0 Å². The monoisotopic (exact) mass is 274 g/mol. The van der Waals surface area contributed by atoms with E-state index in [2.05, 4.69) is 20.1 Å². The molecule has 2 unspecified atom stereocenters. The summed E-state index contributed by atoms with van der Waals surface area (Å²) in [6.45, 7) is 3.59. The zero-order valence-electron chi connectivity index (χ0n) is 12.2. The van der Waals surface area contributed by atoms with Crippen LogP contribution >= 0.6 is 0 Å².